The van der Waals surface area contributed by atoms with Gasteiger partial charge in [0.25, 0.3) is 0 Å². The van der Waals surface area contributed by atoms with Crippen molar-refractivity contribution in [2.75, 3.05) is 19.0 Å². The molecule has 14 heavy (non-hydrogen) atoms. The highest BCUT2D eigenvalue weighted by Gasteiger charge is 2.13. The highest BCUT2D eigenvalue weighted by Crippen LogP contribution is 2.19. The molecule has 0 spiro atoms. The lowest BCUT2D eigenvalue weighted by molar-refractivity contribution is 0.0594. The van der Waals surface area contributed by atoms with E-state index < -0.39 is 0 Å². The van der Waals surface area contributed by atoms with Crippen LogP contribution < -0.4 is 5.32 Å². The molecule has 0 unspecified atom stereocenters. The Balaban J connectivity index is 2.33. The molecule has 4 nitrogen and oxygen atoms in total. The summed E-state index contributed by atoms with van der Waals surface area (Å²) in [5, 5.41) is 3.16. The number of pyridine rings is 1. The van der Waals surface area contributed by atoms with E-state index in [2.05, 4.69) is 15.0 Å². The highest BCUT2D eigenvalue weighted by molar-refractivity contribution is 5.87. The highest BCUT2D eigenvalue weighted by atomic mass is 16.5. The molecule has 2 rings (SSSR count). The van der Waals surface area contributed by atoms with Gasteiger partial charge in [0, 0.05) is 6.54 Å². The van der Waals surface area contributed by atoms with Crippen molar-refractivity contribution in [3.63, 3.8) is 0 Å². The first-order chi connectivity index (χ1) is 6.81. The van der Waals surface area contributed by atoms with Crippen LogP contribution in [0.5, 0.6) is 0 Å². The Labute approximate surface area is 82.3 Å². The van der Waals surface area contributed by atoms with Gasteiger partial charge in [-0.05, 0) is 24.5 Å². The van der Waals surface area contributed by atoms with E-state index in [4.69, 9.17) is 0 Å². The zero-order valence-corrected chi connectivity index (χ0v) is 8.04. The fraction of sp³-hybridized carbons (Fsp3) is 0.400. The van der Waals surface area contributed by atoms with Crippen molar-refractivity contribution in [1.82, 2.24) is 4.98 Å². The number of nitrogens with one attached hydrogen (secondary N) is 1. The van der Waals surface area contributed by atoms with E-state index >= 15 is 0 Å². The van der Waals surface area contributed by atoms with Gasteiger partial charge in [-0.25, -0.2) is 9.78 Å². The van der Waals surface area contributed by atoms with Crippen molar-refractivity contribution in [2.24, 2.45) is 0 Å². The van der Waals surface area contributed by atoms with E-state index in [1.165, 1.54) is 12.7 Å². The number of methoxy groups -OCH3 is 1. The first-order valence-corrected chi connectivity index (χ1v) is 4.63. The lowest BCUT2D eigenvalue weighted by atomic mass is 10.1. The number of hydrogen-bond acceptors (Lipinski definition) is 4. The number of nitrogens with zero attached hydrogens (tertiary/aromatic N) is 1. The number of aryl methyl sites for hydroxylation is 1. The average molecular weight is 192 g/mol. The third-order valence-corrected chi connectivity index (χ3v) is 2.29. The number of fused-ring (bicyclic) bond motifs is 1. The second-order valence-electron chi connectivity index (χ2n) is 3.23. The summed E-state index contributed by atoms with van der Waals surface area (Å²) in [7, 11) is 1.36. The monoisotopic (exact) mass is 192 g/mol. The zero-order chi connectivity index (χ0) is 9.97. The number of aromatic nitrogens is 1. The molecule has 0 atom stereocenters. The van der Waals surface area contributed by atoms with E-state index in [1.807, 2.05) is 6.07 Å². The first kappa shape index (κ1) is 8.99. The lowest BCUT2D eigenvalue weighted by Gasteiger charge is -2.16. The maximum Gasteiger partial charge on any atom is 0.356 e. The van der Waals surface area contributed by atoms with Crippen molar-refractivity contribution in [3.8, 4) is 0 Å². The Morgan fingerprint density at radius 2 is 2.43 bits per heavy atom. The third-order valence-electron chi connectivity index (χ3n) is 2.29. The van der Waals surface area contributed by atoms with Gasteiger partial charge in [0.1, 0.15) is 5.82 Å². The van der Waals surface area contributed by atoms with Crippen molar-refractivity contribution < 1.29 is 9.53 Å². The topological polar surface area (TPSA) is 51.2 Å². The molecule has 0 aromatic carbocycles. The Morgan fingerprint density at radius 1 is 1.57 bits per heavy atom. The normalized spacial score (nSPS) is 14.1. The quantitative estimate of drug-likeness (QED) is 0.680. The SMILES string of the molecule is COC(=O)c1ccc2c(n1)NCCC2. The van der Waals surface area contributed by atoms with E-state index in [0.717, 1.165) is 25.2 Å². The standard InChI is InChI=1S/C10H12N2O2/c1-14-10(13)8-5-4-7-3-2-6-11-9(7)12-8/h4-5H,2-3,6H2,1H3,(H,11,12). The fourth-order valence-electron chi connectivity index (χ4n) is 1.55. The third kappa shape index (κ3) is 1.55. The number of hydrogen-bond donors (Lipinski definition) is 1. The summed E-state index contributed by atoms with van der Waals surface area (Å²) < 4.78 is 4.60. The molecule has 74 valence electrons. The van der Waals surface area contributed by atoms with Gasteiger partial charge < -0.3 is 10.1 Å². The first-order valence-electron chi connectivity index (χ1n) is 4.63. The molecule has 0 amide bonds. The molecule has 0 aliphatic carbocycles. The summed E-state index contributed by atoms with van der Waals surface area (Å²) in [6.45, 7) is 0.921. The van der Waals surface area contributed by atoms with Gasteiger partial charge >= 0.3 is 5.97 Å². The molecule has 0 fully saturated rings. The molecule has 1 N–H and O–H groups in total. The van der Waals surface area contributed by atoms with Crippen LogP contribution in [-0.4, -0.2) is 24.6 Å². The van der Waals surface area contributed by atoms with Gasteiger partial charge in [-0.2, -0.15) is 0 Å². The summed E-state index contributed by atoms with van der Waals surface area (Å²) in [6, 6.07) is 3.64. The smallest absolute Gasteiger partial charge is 0.356 e. The molecule has 1 aliphatic heterocycles. The van der Waals surface area contributed by atoms with Crippen LogP contribution in [0.25, 0.3) is 0 Å². The van der Waals surface area contributed by atoms with E-state index in [-0.39, 0.29) is 5.97 Å². The molecule has 0 saturated carbocycles. The minimum Gasteiger partial charge on any atom is -0.464 e. The summed E-state index contributed by atoms with van der Waals surface area (Å²) in [5.41, 5.74) is 1.53. The Hall–Kier alpha value is -1.58. The summed E-state index contributed by atoms with van der Waals surface area (Å²) in [4.78, 5) is 15.4. The maximum atomic E-state index is 11.2. The molecule has 4 heteroatoms. The summed E-state index contributed by atoms with van der Waals surface area (Å²) in [5.74, 6) is 0.430. The van der Waals surface area contributed by atoms with Gasteiger partial charge in [-0.3, -0.25) is 0 Å². The predicted octanol–water partition coefficient (Wildman–Crippen LogP) is 1.23. The molecular weight excluding hydrogens is 180 g/mol. The predicted molar refractivity (Wildman–Crippen MR) is 52.4 cm³/mol. The van der Waals surface area contributed by atoms with Gasteiger partial charge in [-0.15, -0.1) is 0 Å². The van der Waals surface area contributed by atoms with Crippen LogP contribution in [-0.2, 0) is 11.2 Å². The zero-order valence-electron chi connectivity index (χ0n) is 8.04. The van der Waals surface area contributed by atoms with Crippen LogP contribution in [0.15, 0.2) is 12.1 Å². The molecule has 1 aromatic rings. The summed E-state index contributed by atoms with van der Waals surface area (Å²) >= 11 is 0. The largest absolute Gasteiger partial charge is 0.464 e. The second-order valence-corrected chi connectivity index (χ2v) is 3.23. The van der Waals surface area contributed by atoms with Crippen molar-refractivity contribution in [2.45, 2.75) is 12.8 Å². The van der Waals surface area contributed by atoms with Crippen molar-refractivity contribution in [1.29, 1.82) is 0 Å². The number of rotatable bonds is 1. The maximum absolute atomic E-state index is 11.2. The Morgan fingerprint density at radius 3 is 3.21 bits per heavy atom. The van der Waals surface area contributed by atoms with Crippen LogP contribution in [0.1, 0.15) is 22.5 Å². The van der Waals surface area contributed by atoms with Gasteiger partial charge in [0.15, 0.2) is 5.69 Å². The van der Waals surface area contributed by atoms with Crippen LogP contribution in [0.3, 0.4) is 0 Å². The van der Waals surface area contributed by atoms with E-state index in [1.54, 1.807) is 6.07 Å². The van der Waals surface area contributed by atoms with Crippen molar-refractivity contribution in [3.05, 3.63) is 23.4 Å². The lowest BCUT2D eigenvalue weighted by Crippen LogP contribution is -2.15. The number of carbonyl (C=O) groups excluding carboxylic acids is 1. The Kier molecular flexibility index (Phi) is 2.35. The second kappa shape index (κ2) is 3.65. The fourth-order valence-corrected chi connectivity index (χ4v) is 1.55. The minimum absolute atomic E-state index is 0.362. The van der Waals surface area contributed by atoms with Gasteiger partial charge in [0.05, 0.1) is 7.11 Å². The van der Waals surface area contributed by atoms with Crippen molar-refractivity contribution >= 4 is 11.8 Å². The number of carbonyl (C=O) groups is 1. The minimum atomic E-state index is -0.389. The average Bonchev–Trinajstić information content (AvgIpc) is 2.27. The molecular formula is C10H12N2O2. The van der Waals surface area contributed by atoms with E-state index in [0.29, 0.717) is 5.69 Å². The number of ether oxygens (including phenoxy) is 1. The molecule has 0 radical (unpaired) electrons. The van der Waals surface area contributed by atoms with Gasteiger partial charge in [-0.1, -0.05) is 6.07 Å². The molecule has 0 bridgehead atoms. The van der Waals surface area contributed by atoms with Gasteiger partial charge in [0.2, 0.25) is 0 Å². The number of esters is 1. The molecule has 0 saturated heterocycles. The van der Waals surface area contributed by atoms with Crippen LogP contribution >= 0.6 is 0 Å². The van der Waals surface area contributed by atoms with Crippen LogP contribution in [0, 0.1) is 0 Å². The van der Waals surface area contributed by atoms with Crippen LogP contribution in [0.4, 0.5) is 5.82 Å². The molecule has 1 aliphatic rings. The van der Waals surface area contributed by atoms with Crippen LogP contribution in [0.2, 0.25) is 0 Å². The molecule has 2 heterocycles. The molecule has 1 aromatic heterocycles. The summed E-state index contributed by atoms with van der Waals surface area (Å²) in [6.07, 6.45) is 2.14. The van der Waals surface area contributed by atoms with E-state index in [9.17, 15) is 4.79 Å². The Bertz CT molecular complexity index is 363. The number of anilines is 1.